The van der Waals surface area contributed by atoms with Crippen LogP contribution < -0.4 is 4.72 Å². The molecule has 0 saturated carbocycles. The van der Waals surface area contributed by atoms with Gasteiger partial charge < -0.3 is 5.11 Å². The number of nitrogens with zero attached hydrogens (tertiary/aromatic N) is 1. The van der Waals surface area contributed by atoms with Crippen LogP contribution >= 0.6 is 0 Å². The first-order valence-corrected chi connectivity index (χ1v) is 9.58. The fourth-order valence-corrected chi connectivity index (χ4v) is 4.03. The Kier molecular flexibility index (Phi) is 6.31. The van der Waals surface area contributed by atoms with Gasteiger partial charge in [-0.3, -0.25) is 4.79 Å². The molecular weight excluding hydrogens is 347 g/mol. The quantitative estimate of drug-likeness (QED) is 0.771. The average molecular weight is 370 g/mol. The smallest absolute Gasteiger partial charge is 0.321 e. The van der Waals surface area contributed by atoms with Gasteiger partial charge in [0.15, 0.2) is 0 Å². The van der Waals surface area contributed by atoms with E-state index in [1.807, 2.05) is 13.8 Å². The van der Waals surface area contributed by atoms with Crippen molar-refractivity contribution >= 4 is 21.8 Å². The molecule has 1 heterocycles. The lowest BCUT2D eigenvalue weighted by molar-refractivity contribution is -0.139. The molecule has 0 bridgehead atoms. The van der Waals surface area contributed by atoms with Gasteiger partial charge in [0.2, 0.25) is 0 Å². The number of halogens is 1. The third-order valence-electron chi connectivity index (χ3n) is 4.02. The van der Waals surface area contributed by atoms with Crippen LogP contribution in [0.25, 0.3) is 5.57 Å². The molecule has 1 aromatic rings. The second-order valence-electron chi connectivity index (χ2n) is 6.49. The number of rotatable bonds is 7. The summed E-state index contributed by atoms with van der Waals surface area (Å²) in [6.07, 6.45) is 2.47. The summed E-state index contributed by atoms with van der Waals surface area (Å²) in [5, 5.41) is 9.21. The van der Waals surface area contributed by atoms with E-state index in [1.54, 1.807) is 18.2 Å². The lowest BCUT2D eigenvalue weighted by Crippen LogP contribution is -2.49. The second-order valence-corrected chi connectivity index (χ2v) is 8.19. The minimum Gasteiger partial charge on any atom is -0.480 e. The van der Waals surface area contributed by atoms with Gasteiger partial charge in [-0.25, -0.2) is 4.39 Å². The fraction of sp³-hybridized carbons (Fsp3) is 0.471. The molecule has 1 aliphatic rings. The molecule has 1 aliphatic heterocycles. The number of hydrogen-bond donors (Lipinski definition) is 2. The van der Waals surface area contributed by atoms with Gasteiger partial charge in [0.25, 0.3) is 10.2 Å². The van der Waals surface area contributed by atoms with Gasteiger partial charge in [-0.05, 0) is 42.0 Å². The molecule has 1 unspecified atom stereocenters. The Morgan fingerprint density at radius 2 is 1.96 bits per heavy atom. The van der Waals surface area contributed by atoms with Crippen molar-refractivity contribution in [1.82, 2.24) is 9.03 Å². The van der Waals surface area contributed by atoms with Gasteiger partial charge in [-0.1, -0.05) is 32.1 Å². The highest BCUT2D eigenvalue weighted by molar-refractivity contribution is 7.87. The standard InChI is InChI=1S/C17H23FN2O4S/c1-12(2)11-16(17(21)22)19-25(23,24)20-9-7-14(8-10-20)13-3-5-15(18)6-4-13/h3-7,12,16,19H,8-11H2,1-2H3,(H,21,22). The van der Waals surface area contributed by atoms with Crippen LogP contribution in [0, 0.1) is 11.7 Å². The summed E-state index contributed by atoms with van der Waals surface area (Å²) in [5.74, 6) is -1.45. The molecule has 0 fully saturated rings. The van der Waals surface area contributed by atoms with Gasteiger partial charge in [-0.15, -0.1) is 0 Å². The van der Waals surface area contributed by atoms with Crippen LogP contribution in [0.1, 0.15) is 32.3 Å². The highest BCUT2D eigenvalue weighted by Gasteiger charge is 2.30. The molecule has 0 saturated heterocycles. The summed E-state index contributed by atoms with van der Waals surface area (Å²) in [7, 11) is -3.89. The Bertz CT molecular complexity index is 744. The number of benzene rings is 1. The summed E-state index contributed by atoms with van der Waals surface area (Å²) in [6, 6.07) is 4.90. The van der Waals surface area contributed by atoms with Crippen molar-refractivity contribution in [2.24, 2.45) is 5.92 Å². The van der Waals surface area contributed by atoms with Gasteiger partial charge in [-0.2, -0.15) is 17.4 Å². The molecule has 25 heavy (non-hydrogen) atoms. The zero-order valence-corrected chi connectivity index (χ0v) is 15.1. The van der Waals surface area contributed by atoms with Crippen molar-refractivity contribution in [3.05, 3.63) is 41.7 Å². The van der Waals surface area contributed by atoms with Crippen LogP contribution in [-0.4, -0.2) is 42.9 Å². The number of hydrogen-bond acceptors (Lipinski definition) is 3. The van der Waals surface area contributed by atoms with Crippen molar-refractivity contribution in [2.75, 3.05) is 13.1 Å². The lowest BCUT2D eigenvalue weighted by atomic mass is 10.0. The van der Waals surface area contributed by atoms with Gasteiger partial charge in [0, 0.05) is 13.1 Å². The monoisotopic (exact) mass is 370 g/mol. The first-order valence-electron chi connectivity index (χ1n) is 8.14. The van der Waals surface area contributed by atoms with Gasteiger partial charge in [0.1, 0.15) is 11.9 Å². The second kappa shape index (κ2) is 8.07. The van der Waals surface area contributed by atoms with Crippen LogP contribution in [0.15, 0.2) is 30.3 Å². The Hall–Kier alpha value is -1.77. The van der Waals surface area contributed by atoms with E-state index in [0.29, 0.717) is 6.42 Å². The van der Waals surface area contributed by atoms with E-state index in [-0.39, 0.29) is 31.2 Å². The molecule has 6 nitrogen and oxygen atoms in total. The minimum absolute atomic E-state index is 0.0510. The first-order chi connectivity index (χ1) is 11.7. The van der Waals surface area contributed by atoms with E-state index in [1.165, 1.54) is 16.4 Å². The SMILES string of the molecule is CC(C)CC(NS(=O)(=O)N1CC=C(c2ccc(F)cc2)CC1)C(=O)O. The van der Waals surface area contributed by atoms with Crippen LogP contribution in [0.3, 0.4) is 0 Å². The molecule has 138 valence electrons. The van der Waals surface area contributed by atoms with Crippen molar-refractivity contribution in [3.8, 4) is 0 Å². The largest absolute Gasteiger partial charge is 0.480 e. The molecule has 1 atom stereocenters. The van der Waals surface area contributed by atoms with Gasteiger partial charge >= 0.3 is 5.97 Å². The summed E-state index contributed by atoms with van der Waals surface area (Å²) in [6.45, 7) is 4.06. The summed E-state index contributed by atoms with van der Waals surface area (Å²) in [4.78, 5) is 11.3. The topological polar surface area (TPSA) is 86.7 Å². The van der Waals surface area contributed by atoms with Crippen LogP contribution in [0.4, 0.5) is 4.39 Å². The summed E-state index contributed by atoms with van der Waals surface area (Å²) < 4.78 is 41.4. The normalized spacial score (nSPS) is 17.4. The summed E-state index contributed by atoms with van der Waals surface area (Å²) >= 11 is 0. The maximum Gasteiger partial charge on any atom is 0.321 e. The summed E-state index contributed by atoms with van der Waals surface area (Å²) in [5.41, 5.74) is 1.80. The lowest BCUT2D eigenvalue weighted by Gasteiger charge is -2.28. The van der Waals surface area contributed by atoms with E-state index < -0.39 is 22.2 Å². The predicted molar refractivity (Wildman–Crippen MR) is 93.5 cm³/mol. The molecular formula is C17H23FN2O4S. The van der Waals surface area contributed by atoms with E-state index in [4.69, 9.17) is 0 Å². The molecule has 0 spiro atoms. The van der Waals surface area contributed by atoms with Crippen molar-refractivity contribution in [1.29, 1.82) is 0 Å². The van der Waals surface area contributed by atoms with E-state index >= 15 is 0 Å². The third kappa shape index (κ3) is 5.35. The van der Waals surface area contributed by atoms with E-state index in [2.05, 4.69) is 4.72 Å². The zero-order chi connectivity index (χ0) is 18.6. The maximum absolute atomic E-state index is 13.0. The van der Waals surface area contributed by atoms with Crippen molar-refractivity contribution < 1.29 is 22.7 Å². The van der Waals surface area contributed by atoms with Gasteiger partial charge in [0.05, 0.1) is 0 Å². The number of carboxylic acid groups (broad SMARTS) is 1. The number of carbonyl (C=O) groups is 1. The van der Waals surface area contributed by atoms with Crippen LogP contribution in [0.2, 0.25) is 0 Å². The molecule has 2 N–H and O–H groups in total. The molecule has 1 aromatic carbocycles. The van der Waals surface area contributed by atoms with E-state index in [0.717, 1.165) is 11.1 Å². The highest BCUT2D eigenvalue weighted by atomic mass is 32.2. The Morgan fingerprint density at radius 3 is 2.44 bits per heavy atom. The predicted octanol–water partition coefficient (Wildman–Crippen LogP) is 2.25. The Balaban J connectivity index is 2.07. The molecule has 0 radical (unpaired) electrons. The fourth-order valence-electron chi connectivity index (χ4n) is 2.72. The minimum atomic E-state index is -3.89. The molecule has 0 aliphatic carbocycles. The first kappa shape index (κ1) is 19.6. The molecule has 2 rings (SSSR count). The molecule has 0 aromatic heterocycles. The maximum atomic E-state index is 13.0. The van der Waals surface area contributed by atoms with Crippen LogP contribution in [0.5, 0.6) is 0 Å². The third-order valence-corrected chi connectivity index (χ3v) is 5.62. The Labute approximate surface area is 147 Å². The number of carboxylic acids is 1. The van der Waals surface area contributed by atoms with Crippen molar-refractivity contribution in [2.45, 2.75) is 32.7 Å². The van der Waals surface area contributed by atoms with Crippen LogP contribution in [-0.2, 0) is 15.0 Å². The van der Waals surface area contributed by atoms with Crippen molar-refractivity contribution in [3.63, 3.8) is 0 Å². The average Bonchev–Trinajstić information content (AvgIpc) is 2.54. The molecule has 0 amide bonds. The zero-order valence-electron chi connectivity index (χ0n) is 14.3. The Morgan fingerprint density at radius 1 is 1.32 bits per heavy atom. The highest BCUT2D eigenvalue weighted by Crippen LogP contribution is 2.23. The number of nitrogens with one attached hydrogen (secondary N) is 1. The molecule has 8 heteroatoms. The van der Waals surface area contributed by atoms with E-state index in [9.17, 15) is 22.7 Å². The number of aliphatic carboxylic acids is 1.